The molecule has 28 heavy (non-hydrogen) atoms. The molecule has 2 amide bonds. The van der Waals surface area contributed by atoms with Crippen molar-refractivity contribution in [3.05, 3.63) is 42.0 Å². The maximum Gasteiger partial charge on any atom is 0.261 e. The zero-order valence-electron chi connectivity index (χ0n) is 16.5. The Morgan fingerprint density at radius 2 is 2.07 bits per heavy atom. The molecule has 2 atom stereocenters. The van der Waals surface area contributed by atoms with Gasteiger partial charge in [0.1, 0.15) is 11.6 Å². The van der Waals surface area contributed by atoms with Gasteiger partial charge in [-0.2, -0.15) is 5.10 Å². The standard InChI is InChI=1S/C20H27N5O3/c1-13(2)9-18(26)22-15-10-17(20-21-14(3)23-24-20)25(11-15)19(27)12-28-16-7-5-4-6-8-16/h4-8,13,15,17H,9-12H2,1-3H3,(H,22,26)(H,21,23,24)/t15-,17-/m0/s1. The van der Waals surface area contributed by atoms with E-state index in [1.807, 2.05) is 51.1 Å². The fourth-order valence-corrected chi connectivity index (χ4v) is 3.37. The van der Waals surface area contributed by atoms with Gasteiger partial charge in [-0.1, -0.05) is 32.0 Å². The number of ether oxygens (including phenoxy) is 1. The number of para-hydroxylation sites is 1. The van der Waals surface area contributed by atoms with Gasteiger partial charge in [-0.25, -0.2) is 4.98 Å². The molecule has 0 radical (unpaired) electrons. The Balaban J connectivity index is 1.68. The quantitative estimate of drug-likeness (QED) is 0.759. The second-order valence-electron chi connectivity index (χ2n) is 7.54. The molecule has 0 saturated carbocycles. The Morgan fingerprint density at radius 3 is 2.71 bits per heavy atom. The van der Waals surface area contributed by atoms with Crippen LogP contribution in [0.4, 0.5) is 0 Å². The van der Waals surface area contributed by atoms with Crippen molar-refractivity contribution in [3.8, 4) is 5.75 Å². The largest absolute Gasteiger partial charge is 0.484 e. The van der Waals surface area contributed by atoms with E-state index in [2.05, 4.69) is 20.5 Å². The number of carbonyl (C=O) groups is 2. The van der Waals surface area contributed by atoms with Crippen LogP contribution in [-0.2, 0) is 9.59 Å². The number of hydrogen-bond donors (Lipinski definition) is 2. The highest BCUT2D eigenvalue weighted by atomic mass is 16.5. The number of nitrogens with zero attached hydrogens (tertiary/aromatic N) is 3. The van der Waals surface area contributed by atoms with Crippen LogP contribution >= 0.6 is 0 Å². The zero-order valence-corrected chi connectivity index (χ0v) is 16.5. The third-order valence-electron chi connectivity index (χ3n) is 4.60. The van der Waals surface area contributed by atoms with E-state index >= 15 is 0 Å². The molecular weight excluding hydrogens is 358 g/mol. The number of benzene rings is 1. The highest BCUT2D eigenvalue weighted by Crippen LogP contribution is 2.30. The number of aryl methyl sites for hydroxylation is 1. The Labute approximate surface area is 164 Å². The van der Waals surface area contributed by atoms with Gasteiger partial charge < -0.3 is 15.0 Å². The van der Waals surface area contributed by atoms with Gasteiger partial charge in [0.05, 0.1) is 6.04 Å². The topological polar surface area (TPSA) is 100 Å². The lowest BCUT2D eigenvalue weighted by Crippen LogP contribution is -2.40. The normalized spacial score (nSPS) is 19.1. The number of aromatic amines is 1. The summed E-state index contributed by atoms with van der Waals surface area (Å²) < 4.78 is 5.61. The maximum atomic E-state index is 12.8. The lowest BCUT2D eigenvalue weighted by atomic mass is 10.1. The molecule has 0 unspecified atom stereocenters. The Kier molecular flexibility index (Phi) is 6.28. The molecule has 0 spiro atoms. The predicted octanol–water partition coefficient (Wildman–Crippen LogP) is 2.00. The minimum atomic E-state index is -0.291. The van der Waals surface area contributed by atoms with E-state index < -0.39 is 0 Å². The van der Waals surface area contributed by atoms with Gasteiger partial charge in [0.2, 0.25) is 5.91 Å². The van der Waals surface area contributed by atoms with E-state index in [0.717, 1.165) is 0 Å². The molecule has 0 bridgehead atoms. The molecule has 2 aromatic rings. The lowest BCUT2D eigenvalue weighted by molar-refractivity contribution is -0.134. The second kappa shape index (κ2) is 8.86. The zero-order chi connectivity index (χ0) is 20.1. The van der Waals surface area contributed by atoms with Crippen LogP contribution in [0.25, 0.3) is 0 Å². The highest BCUT2D eigenvalue weighted by molar-refractivity contribution is 5.79. The number of rotatable bonds is 7. The first-order chi connectivity index (χ1) is 13.4. The fourth-order valence-electron chi connectivity index (χ4n) is 3.37. The van der Waals surface area contributed by atoms with E-state index in [1.165, 1.54) is 0 Å². The summed E-state index contributed by atoms with van der Waals surface area (Å²) >= 11 is 0. The molecule has 1 aliphatic rings. The summed E-state index contributed by atoms with van der Waals surface area (Å²) in [4.78, 5) is 31.1. The van der Waals surface area contributed by atoms with Gasteiger partial charge >= 0.3 is 0 Å². The monoisotopic (exact) mass is 385 g/mol. The number of aromatic nitrogens is 3. The second-order valence-corrected chi connectivity index (χ2v) is 7.54. The first kappa shape index (κ1) is 19.9. The molecule has 150 valence electrons. The van der Waals surface area contributed by atoms with Crippen molar-refractivity contribution in [2.24, 2.45) is 5.92 Å². The van der Waals surface area contributed by atoms with Crippen molar-refractivity contribution < 1.29 is 14.3 Å². The van der Waals surface area contributed by atoms with Crippen LogP contribution in [0.15, 0.2) is 30.3 Å². The third kappa shape index (κ3) is 5.09. The SMILES string of the molecule is Cc1nc([C@@H]2C[C@H](NC(=O)CC(C)C)CN2C(=O)COc2ccccc2)n[nH]1. The summed E-state index contributed by atoms with van der Waals surface area (Å²) in [6, 6.07) is 8.80. The minimum absolute atomic E-state index is 0.000230. The summed E-state index contributed by atoms with van der Waals surface area (Å²) in [7, 11) is 0. The Morgan fingerprint density at radius 1 is 1.32 bits per heavy atom. The van der Waals surface area contributed by atoms with Crippen molar-refractivity contribution in [3.63, 3.8) is 0 Å². The Bertz CT molecular complexity index is 805. The first-order valence-corrected chi connectivity index (χ1v) is 9.58. The predicted molar refractivity (Wildman–Crippen MR) is 104 cm³/mol. The van der Waals surface area contributed by atoms with Gasteiger partial charge in [0, 0.05) is 19.0 Å². The number of carbonyl (C=O) groups excluding carboxylic acids is 2. The van der Waals surface area contributed by atoms with Gasteiger partial charge in [-0.05, 0) is 31.4 Å². The van der Waals surface area contributed by atoms with Gasteiger partial charge in [0.25, 0.3) is 5.91 Å². The average Bonchev–Trinajstić information content (AvgIpc) is 3.26. The van der Waals surface area contributed by atoms with Crippen LogP contribution in [0.5, 0.6) is 5.75 Å². The van der Waals surface area contributed by atoms with Crippen LogP contribution in [0, 0.1) is 12.8 Å². The van der Waals surface area contributed by atoms with Gasteiger partial charge in [-0.3, -0.25) is 14.7 Å². The van der Waals surface area contributed by atoms with Crippen LogP contribution in [0.1, 0.15) is 44.4 Å². The van der Waals surface area contributed by atoms with E-state index in [9.17, 15) is 9.59 Å². The summed E-state index contributed by atoms with van der Waals surface area (Å²) in [5.74, 6) is 2.02. The molecule has 1 saturated heterocycles. The maximum absolute atomic E-state index is 12.8. The molecule has 1 aromatic heterocycles. The van der Waals surface area contributed by atoms with Crippen LogP contribution in [0.2, 0.25) is 0 Å². The van der Waals surface area contributed by atoms with Gasteiger partial charge in [-0.15, -0.1) is 0 Å². The van der Waals surface area contributed by atoms with E-state index in [0.29, 0.717) is 36.8 Å². The number of amides is 2. The molecule has 1 fully saturated rings. The lowest BCUT2D eigenvalue weighted by Gasteiger charge is -2.22. The van der Waals surface area contributed by atoms with Crippen molar-refractivity contribution in [1.29, 1.82) is 0 Å². The Hall–Kier alpha value is -2.90. The van der Waals surface area contributed by atoms with Gasteiger partial charge in [0.15, 0.2) is 12.4 Å². The van der Waals surface area contributed by atoms with Crippen LogP contribution < -0.4 is 10.1 Å². The fraction of sp³-hybridized carbons (Fsp3) is 0.500. The molecule has 8 heteroatoms. The first-order valence-electron chi connectivity index (χ1n) is 9.58. The number of nitrogens with one attached hydrogen (secondary N) is 2. The third-order valence-corrected chi connectivity index (χ3v) is 4.60. The highest BCUT2D eigenvalue weighted by Gasteiger charge is 2.39. The molecule has 2 N–H and O–H groups in total. The minimum Gasteiger partial charge on any atom is -0.484 e. The molecule has 1 aliphatic heterocycles. The number of likely N-dealkylation sites (tertiary alicyclic amines) is 1. The van der Waals surface area contributed by atoms with E-state index in [1.54, 1.807) is 4.90 Å². The summed E-state index contributed by atoms with van der Waals surface area (Å²) in [6.45, 7) is 6.17. The van der Waals surface area contributed by atoms with E-state index in [4.69, 9.17) is 4.74 Å². The number of hydrogen-bond acceptors (Lipinski definition) is 5. The van der Waals surface area contributed by atoms with Crippen LogP contribution in [0.3, 0.4) is 0 Å². The summed E-state index contributed by atoms with van der Waals surface area (Å²) in [5, 5.41) is 10.1. The molecule has 1 aromatic carbocycles. The molecule has 0 aliphatic carbocycles. The smallest absolute Gasteiger partial charge is 0.261 e. The van der Waals surface area contributed by atoms with E-state index in [-0.39, 0.29) is 36.4 Å². The van der Waals surface area contributed by atoms with Crippen molar-refractivity contribution in [1.82, 2.24) is 25.4 Å². The summed E-state index contributed by atoms with van der Waals surface area (Å²) in [6.07, 6.45) is 1.05. The summed E-state index contributed by atoms with van der Waals surface area (Å²) in [5.41, 5.74) is 0. The molecule has 3 rings (SSSR count). The van der Waals surface area contributed by atoms with Crippen molar-refractivity contribution in [2.45, 2.75) is 45.7 Å². The van der Waals surface area contributed by atoms with Crippen LogP contribution in [-0.4, -0.2) is 51.1 Å². The van der Waals surface area contributed by atoms with Crippen molar-refractivity contribution in [2.75, 3.05) is 13.2 Å². The number of H-pyrrole nitrogens is 1. The average molecular weight is 385 g/mol. The molecule has 8 nitrogen and oxygen atoms in total. The molecule has 2 heterocycles. The van der Waals surface area contributed by atoms with Crippen molar-refractivity contribution >= 4 is 11.8 Å². The molecular formula is C20H27N5O3.